The smallest absolute Gasteiger partial charge is 0.227 e. The summed E-state index contributed by atoms with van der Waals surface area (Å²) in [5.41, 5.74) is 9.00. The van der Waals surface area contributed by atoms with Gasteiger partial charge in [-0.3, -0.25) is 4.79 Å². The Kier molecular flexibility index (Phi) is 5.70. The molecule has 1 aliphatic heterocycles. The average molecular weight is 408 g/mol. The summed E-state index contributed by atoms with van der Waals surface area (Å²) < 4.78 is 26.5. The first-order valence-corrected chi connectivity index (χ1v) is 9.90. The van der Waals surface area contributed by atoms with Crippen LogP contribution in [0.4, 0.5) is 14.7 Å². The third-order valence-electron chi connectivity index (χ3n) is 5.42. The number of amides is 1. The van der Waals surface area contributed by atoms with Crippen LogP contribution in [0, 0.1) is 11.6 Å². The molecule has 0 aliphatic carbocycles. The lowest BCUT2D eigenvalue weighted by molar-refractivity contribution is -0.131. The predicted molar refractivity (Wildman–Crippen MR) is 110 cm³/mol. The molecule has 1 saturated heterocycles. The molecule has 1 aliphatic rings. The Hall–Kier alpha value is -3.35. The maximum Gasteiger partial charge on any atom is 0.227 e. The van der Waals surface area contributed by atoms with Crippen molar-refractivity contribution in [2.45, 2.75) is 25.2 Å². The summed E-state index contributed by atoms with van der Waals surface area (Å²) in [5, 5.41) is 0. The van der Waals surface area contributed by atoms with Crippen LogP contribution >= 0.6 is 0 Å². The van der Waals surface area contributed by atoms with E-state index in [0.717, 1.165) is 35.2 Å². The van der Waals surface area contributed by atoms with Crippen LogP contribution in [-0.2, 0) is 11.2 Å². The second kappa shape index (κ2) is 8.57. The van der Waals surface area contributed by atoms with Crippen molar-refractivity contribution in [3.05, 3.63) is 77.6 Å². The van der Waals surface area contributed by atoms with E-state index in [0.29, 0.717) is 13.1 Å². The number of aromatic nitrogens is 2. The van der Waals surface area contributed by atoms with E-state index in [1.807, 2.05) is 4.90 Å². The van der Waals surface area contributed by atoms with Crippen molar-refractivity contribution in [3.63, 3.8) is 0 Å². The predicted octanol–water partition coefficient (Wildman–Crippen LogP) is 3.95. The van der Waals surface area contributed by atoms with Crippen molar-refractivity contribution in [1.82, 2.24) is 14.9 Å². The minimum Gasteiger partial charge on any atom is -0.368 e. The van der Waals surface area contributed by atoms with Gasteiger partial charge in [-0.25, -0.2) is 18.7 Å². The third kappa shape index (κ3) is 4.45. The quantitative estimate of drug-likeness (QED) is 0.710. The average Bonchev–Trinajstić information content (AvgIpc) is 2.76. The van der Waals surface area contributed by atoms with E-state index in [4.69, 9.17) is 5.73 Å². The first kappa shape index (κ1) is 19.9. The molecule has 0 saturated carbocycles. The molecule has 0 radical (unpaired) electrons. The fraction of sp³-hybridized carbons (Fsp3) is 0.261. The number of halogens is 2. The summed E-state index contributed by atoms with van der Waals surface area (Å²) in [5.74, 6) is -0.464. The van der Waals surface area contributed by atoms with E-state index in [1.54, 1.807) is 30.5 Å². The zero-order valence-electron chi connectivity index (χ0n) is 16.4. The van der Waals surface area contributed by atoms with Gasteiger partial charge in [-0.2, -0.15) is 0 Å². The molecule has 2 aromatic carbocycles. The summed E-state index contributed by atoms with van der Waals surface area (Å²) >= 11 is 0. The summed E-state index contributed by atoms with van der Waals surface area (Å²) in [6, 6.07) is 12.2. The Balaban J connectivity index is 1.55. The number of carbonyl (C=O) groups excluding carboxylic acids is 1. The zero-order valence-corrected chi connectivity index (χ0v) is 16.4. The minimum atomic E-state index is -0.320. The Labute approximate surface area is 173 Å². The molecule has 1 aromatic heterocycles. The van der Waals surface area contributed by atoms with E-state index in [-0.39, 0.29) is 35.8 Å². The van der Waals surface area contributed by atoms with Crippen LogP contribution in [0.5, 0.6) is 0 Å². The van der Waals surface area contributed by atoms with Gasteiger partial charge in [0, 0.05) is 30.8 Å². The first-order chi connectivity index (χ1) is 14.5. The Morgan fingerprint density at radius 3 is 2.43 bits per heavy atom. The van der Waals surface area contributed by atoms with E-state index in [2.05, 4.69) is 9.97 Å². The number of nitrogens with two attached hydrogens (primary N) is 1. The zero-order chi connectivity index (χ0) is 21.1. The lowest BCUT2D eigenvalue weighted by atomic mass is 9.89. The molecule has 30 heavy (non-hydrogen) atoms. The fourth-order valence-corrected chi connectivity index (χ4v) is 3.89. The van der Waals surface area contributed by atoms with Gasteiger partial charge < -0.3 is 10.6 Å². The van der Waals surface area contributed by atoms with Crippen LogP contribution < -0.4 is 5.73 Å². The highest BCUT2D eigenvalue weighted by Crippen LogP contribution is 2.33. The van der Waals surface area contributed by atoms with Gasteiger partial charge in [0.15, 0.2) is 0 Å². The highest BCUT2D eigenvalue weighted by Gasteiger charge is 2.28. The number of likely N-dealkylation sites (tertiary alicyclic amines) is 1. The van der Waals surface area contributed by atoms with Gasteiger partial charge in [-0.1, -0.05) is 24.3 Å². The van der Waals surface area contributed by atoms with Crippen molar-refractivity contribution in [1.29, 1.82) is 0 Å². The minimum absolute atomic E-state index is 0.00118. The standard InChI is InChI=1S/C23H22F2N4O/c24-18-7-3-15(4-8-18)12-21(30)29-11-1-2-17(14-29)22-20(13-27-23(26)28-22)16-5-9-19(25)10-6-16/h3-10,13,17H,1-2,11-12,14H2,(H2,26,27,28)/t17-/m0/s1. The van der Waals surface area contributed by atoms with E-state index in [1.165, 1.54) is 24.3 Å². The second-order valence-electron chi connectivity index (χ2n) is 7.52. The summed E-state index contributed by atoms with van der Waals surface area (Å²) in [6.07, 6.45) is 3.59. The second-order valence-corrected chi connectivity index (χ2v) is 7.52. The van der Waals surface area contributed by atoms with Gasteiger partial charge in [0.05, 0.1) is 12.1 Å². The van der Waals surface area contributed by atoms with Crippen molar-refractivity contribution in [2.24, 2.45) is 0 Å². The van der Waals surface area contributed by atoms with Gasteiger partial charge in [-0.05, 0) is 48.2 Å². The van der Waals surface area contributed by atoms with Crippen LogP contribution in [0.15, 0.2) is 54.7 Å². The topological polar surface area (TPSA) is 72.1 Å². The van der Waals surface area contributed by atoms with Crippen LogP contribution in [0.2, 0.25) is 0 Å². The number of nitrogens with zero attached hydrogens (tertiary/aromatic N) is 3. The molecule has 154 valence electrons. The van der Waals surface area contributed by atoms with Crippen LogP contribution in [0.3, 0.4) is 0 Å². The Bertz CT molecular complexity index is 1040. The van der Waals surface area contributed by atoms with Gasteiger partial charge in [0.1, 0.15) is 11.6 Å². The summed E-state index contributed by atoms with van der Waals surface area (Å²) in [6.45, 7) is 1.19. The SMILES string of the molecule is Nc1ncc(-c2ccc(F)cc2)c([C@H]2CCCN(C(=O)Cc3ccc(F)cc3)C2)n1. The number of carbonyl (C=O) groups is 1. The van der Waals surface area contributed by atoms with E-state index < -0.39 is 0 Å². The van der Waals surface area contributed by atoms with Crippen molar-refractivity contribution < 1.29 is 13.6 Å². The number of piperidine rings is 1. The molecule has 2 N–H and O–H groups in total. The molecule has 0 spiro atoms. The lowest BCUT2D eigenvalue weighted by Crippen LogP contribution is -2.40. The largest absolute Gasteiger partial charge is 0.368 e. The van der Waals surface area contributed by atoms with Gasteiger partial charge in [-0.15, -0.1) is 0 Å². The Morgan fingerprint density at radius 2 is 1.73 bits per heavy atom. The number of nitrogen functional groups attached to an aromatic ring is 1. The van der Waals surface area contributed by atoms with Crippen molar-refractivity contribution in [2.75, 3.05) is 18.8 Å². The van der Waals surface area contributed by atoms with Gasteiger partial charge in [0.2, 0.25) is 11.9 Å². The van der Waals surface area contributed by atoms with Crippen LogP contribution in [0.1, 0.15) is 30.0 Å². The molecule has 5 nitrogen and oxygen atoms in total. The van der Waals surface area contributed by atoms with E-state index >= 15 is 0 Å². The molecular weight excluding hydrogens is 386 g/mol. The van der Waals surface area contributed by atoms with Gasteiger partial charge in [0.25, 0.3) is 0 Å². The van der Waals surface area contributed by atoms with Crippen molar-refractivity contribution >= 4 is 11.9 Å². The molecule has 2 heterocycles. The lowest BCUT2D eigenvalue weighted by Gasteiger charge is -2.33. The number of benzene rings is 2. The molecule has 3 aromatic rings. The highest BCUT2D eigenvalue weighted by atomic mass is 19.1. The summed E-state index contributed by atoms with van der Waals surface area (Å²) in [4.78, 5) is 23.2. The van der Waals surface area contributed by atoms with Crippen LogP contribution in [-0.4, -0.2) is 33.9 Å². The molecule has 1 fully saturated rings. The molecular formula is C23H22F2N4O. The number of hydrogen-bond acceptors (Lipinski definition) is 4. The monoisotopic (exact) mass is 408 g/mol. The third-order valence-corrected chi connectivity index (χ3v) is 5.42. The Morgan fingerprint density at radius 1 is 1.07 bits per heavy atom. The molecule has 0 bridgehead atoms. The molecule has 7 heteroatoms. The fourth-order valence-electron chi connectivity index (χ4n) is 3.89. The molecule has 0 unspecified atom stereocenters. The normalized spacial score (nSPS) is 16.5. The highest BCUT2D eigenvalue weighted by molar-refractivity contribution is 5.79. The number of rotatable bonds is 4. The number of hydrogen-bond donors (Lipinski definition) is 1. The molecule has 4 rings (SSSR count). The van der Waals surface area contributed by atoms with E-state index in [9.17, 15) is 13.6 Å². The van der Waals surface area contributed by atoms with Gasteiger partial charge >= 0.3 is 0 Å². The summed E-state index contributed by atoms with van der Waals surface area (Å²) in [7, 11) is 0. The first-order valence-electron chi connectivity index (χ1n) is 9.90. The maximum atomic E-state index is 13.3. The number of anilines is 1. The van der Waals surface area contributed by atoms with Crippen LogP contribution in [0.25, 0.3) is 11.1 Å². The molecule has 1 amide bonds. The molecule has 1 atom stereocenters. The maximum absolute atomic E-state index is 13.3. The van der Waals surface area contributed by atoms with Crippen molar-refractivity contribution in [3.8, 4) is 11.1 Å².